The number of nitrogen functional groups attached to an aromatic ring is 1. The Balaban J connectivity index is 1.98. The lowest BCUT2D eigenvalue weighted by atomic mass is 9.96. The van der Waals surface area contributed by atoms with Crippen LogP contribution in [0.1, 0.15) is 25.0 Å². The smallest absolute Gasteiger partial charge is 0.461 e. The van der Waals surface area contributed by atoms with Crippen LogP contribution < -0.4 is 10.5 Å². The van der Waals surface area contributed by atoms with Gasteiger partial charge in [-0.3, -0.25) is 4.57 Å². The van der Waals surface area contributed by atoms with Crippen molar-refractivity contribution in [2.24, 2.45) is 0 Å². The third-order valence-corrected chi connectivity index (χ3v) is 5.36. The molecule has 0 bridgehead atoms. The van der Waals surface area contributed by atoms with Crippen LogP contribution >= 0.6 is 24.2 Å². The Morgan fingerprint density at radius 3 is 2.76 bits per heavy atom. The molecule has 0 amide bonds. The number of aromatic nitrogens is 4. The SMILES string of the molecule is CC(C)(O[P+](=O)O)c1cccc(Cn2c(Br)nc3c(N)nc(OCCO)nc32)c1. The lowest BCUT2D eigenvalue weighted by Gasteiger charge is -2.18. The second-order valence-electron chi connectivity index (χ2n) is 6.64. The Hall–Kier alpha value is -2.17. The van der Waals surface area contributed by atoms with Gasteiger partial charge in [0.2, 0.25) is 0 Å². The van der Waals surface area contributed by atoms with Crippen LogP contribution in [0.2, 0.25) is 0 Å². The number of ether oxygens (including phenoxy) is 1. The van der Waals surface area contributed by atoms with Gasteiger partial charge in [-0.05, 0) is 40.9 Å². The molecule has 4 N–H and O–H groups in total. The second kappa shape index (κ2) is 8.68. The molecular weight excluding hydrogens is 465 g/mol. The molecule has 0 aliphatic carbocycles. The van der Waals surface area contributed by atoms with E-state index in [4.69, 9.17) is 25.0 Å². The molecule has 2 heterocycles. The van der Waals surface area contributed by atoms with Gasteiger partial charge in [-0.2, -0.15) is 9.97 Å². The highest BCUT2D eigenvalue weighted by Crippen LogP contribution is 2.34. The largest absolute Gasteiger partial charge is 0.695 e. The second-order valence-corrected chi connectivity index (χ2v) is 8.01. The molecule has 0 saturated heterocycles. The summed E-state index contributed by atoms with van der Waals surface area (Å²) < 4.78 is 23.8. The average Bonchev–Trinajstić information content (AvgIpc) is 2.96. The van der Waals surface area contributed by atoms with Crippen molar-refractivity contribution in [1.29, 1.82) is 0 Å². The molecule has 1 atom stereocenters. The van der Waals surface area contributed by atoms with E-state index in [1.807, 2.05) is 24.3 Å². The van der Waals surface area contributed by atoms with Crippen molar-refractivity contribution in [3.63, 3.8) is 0 Å². The van der Waals surface area contributed by atoms with Gasteiger partial charge < -0.3 is 15.6 Å². The first kappa shape index (κ1) is 21.5. The zero-order valence-electron chi connectivity index (χ0n) is 15.7. The van der Waals surface area contributed by atoms with Gasteiger partial charge in [0, 0.05) is 4.57 Å². The van der Waals surface area contributed by atoms with E-state index in [9.17, 15) is 4.57 Å². The Labute approximate surface area is 175 Å². The third-order valence-electron chi connectivity index (χ3n) is 4.15. The molecule has 3 rings (SSSR count). The highest BCUT2D eigenvalue weighted by molar-refractivity contribution is 9.10. The predicted octanol–water partition coefficient (Wildman–Crippen LogP) is 2.49. The minimum atomic E-state index is -2.74. The first-order valence-corrected chi connectivity index (χ1v) is 10.5. The van der Waals surface area contributed by atoms with Crippen molar-refractivity contribution in [2.45, 2.75) is 26.0 Å². The van der Waals surface area contributed by atoms with Crippen molar-refractivity contribution in [3.8, 4) is 6.01 Å². The quantitative estimate of drug-likeness (QED) is 0.324. The molecule has 10 nitrogen and oxygen atoms in total. The third kappa shape index (κ3) is 4.88. The van der Waals surface area contributed by atoms with Crippen molar-refractivity contribution in [3.05, 3.63) is 40.1 Å². The molecule has 3 aromatic rings. The number of rotatable bonds is 8. The number of hydrogen-bond acceptors (Lipinski definition) is 8. The van der Waals surface area contributed by atoms with Gasteiger partial charge in [0.1, 0.15) is 12.2 Å². The van der Waals surface area contributed by atoms with E-state index in [2.05, 4.69) is 30.9 Å². The van der Waals surface area contributed by atoms with E-state index in [1.165, 1.54) is 0 Å². The fourth-order valence-corrected chi connectivity index (χ4v) is 3.76. The van der Waals surface area contributed by atoms with Crippen LogP contribution in [0.15, 0.2) is 29.0 Å². The summed E-state index contributed by atoms with van der Waals surface area (Å²) in [6.45, 7) is 3.70. The average molecular weight is 485 g/mol. The molecule has 0 radical (unpaired) electrons. The molecule has 12 heteroatoms. The van der Waals surface area contributed by atoms with Gasteiger partial charge in [0.05, 0.1) is 13.2 Å². The molecule has 0 spiro atoms. The fourth-order valence-electron chi connectivity index (χ4n) is 2.79. The summed E-state index contributed by atoms with van der Waals surface area (Å²) >= 11 is 3.42. The van der Waals surface area contributed by atoms with E-state index in [-0.39, 0.29) is 25.0 Å². The number of hydrogen-bond donors (Lipinski definition) is 3. The van der Waals surface area contributed by atoms with Crippen LogP contribution in [-0.4, -0.2) is 42.7 Å². The first-order valence-electron chi connectivity index (χ1n) is 8.59. The molecule has 1 unspecified atom stereocenters. The number of fused-ring (bicyclic) bond motifs is 1. The molecule has 2 aromatic heterocycles. The summed E-state index contributed by atoms with van der Waals surface area (Å²) in [6.07, 6.45) is 0. The Bertz CT molecular complexity index is 1060. The van der Waals surface area contributed by atoms with E-state index in [1.54, 1.807) is 18.4 Å². The zero-order chi connectivity index (χ0) is 21.2. The molecule has 0 fully saturated rings. The lowest BCUT2D eigenvalue weighted by Crippen LogP contribution is -2.18. The molecule has 1 aromatic carbocycles. The van der Waals surface area contributed by atoms with Crippen molar-refractivity contribution < 1.29 is 23.8 Å². The van der Waals surface area contributed by atoms with Crippen molar-refractivity contribution >= 4 is 41.2 Å². The minimum Gasteiger partial charge on any atom is -0.461 e. The Morgan fingerprint density at radius 1 is 1.31 bits per heavy atom. The number of aliphatic hydroxyl groups is 1. The molecular formula is C17H20BrN5O5P+. The van der Waals surface area contributed by atoms with Gasteiger partial charge in [0.25, 0.3) is 0 Å². The number of benzene rings is 1. The van der Waals surface area contributed by atoms with Gasteiger partial charge in [-0.25, -0.2) is 4.98 Å². The van der Waals surface area contributed by atoms with Crippen molar-refractivity contribution in [1.82, 2.24) is 19.5 Å². The van der Waals surface area contributed by atoms with E-state index >= 15 is 0 Å². The lowest BCUT2D eigenvalue weighted by molar-refractivity contribution is 0.102. The number of anilines is 1. The van der Waals surface area contributed by atoms with Gasteiger partial charge in [-0.1, -0.05) is 24.3 Å². The summed E-state index contributed by atoms with van der Waals surface area (Å²) in [7, 11) is -2.74. The molecule has 0 saturated carbocycles. The van der Waals surface area contributed by atoms with Crippen LogP contribution in [0.3, 0.4) is 0 Å². The number of nitrogens with two attached hydrogens (primary N) is 1. The number of aliphatic hydroxyl groups excluding tert-OH is 1. The number of imidazole rings is 1. The van der Waals surface area contributed by atoms with Crippen molar-refractivity contribution in [2.75, 3.05) is 18.9 Å². The Morgan fingerprint density at radius 2 is 2.07 bits per heavy atom. The normalized spacial score (nSPS) is 12.4. The van der Waals surface area contributed by atoms with Crippen LogP contribution in [-0.2, 0) is 21.2 Å². The highest BCUT2D eigenvalue weighted by atomic mass is 79.9. The summed E-state index contributed by atoms with van der Waals surface area (Å²) in [6, 6.07) is 7.50. The number of nitrogens with zero attached hydrogens (tertiary/aromatic N) is 4. The molecule has 0 aliphatic rings. The van der Waals surface area contributed by atoms with Crippen LogP contribution in [0.5, 0.6) is 6.01 Å². The Kier molecular flexibility index (Phi) is 6.45. The summed E-state index contributed by atoms with van der Waals surface area (Å²) in [5.74, 6) is 0.164. The summed E-state index contributed by atoms with van der Waals surface area (Å²) in [5, 5.41) is 8.93. The van der Waals surface area contributed by atoms with E-state index in [0.29, 0.717) is 22.4 Å². The zero-order valence-corrected chi connectivity index (χ0v) is 18.2. The predicted molar refractivity (Wildman–Crippen MR) is 109 cm³/mol. The highest BCUT2D eigenvalue weighted by Gasteiger charge is 2.33. The molecule has 154 valence electrons. The standard InChI is InChI=1S/C17H19BrN5O5P/c1-17(2,28-29(25)26)11-5-3-4-10(8-11)9-23-14-12(20-15(23)18)13(19)21-16(22-14)27-7-6-24/h3-5,8,24H,6-7,9H2,1-2H3,(H2-,19,21,22,25,26)/p+1. The van der Waals surface area contributed by atoms with Crippen LogP contribution in [0.25, 0.3) is 11.2 Å². The maximum absolute atomic E-state index is 11.1. The molecule has 0 aliphatic heterocycles. The van der Waals surface area contributed by atoms with E-state index in [0.717, 1.165) is 11.1 Å². The number of halogens is 1. The van der Waals surface area contributed by atoms with Crippen LogP contribution in [0, 0.1) is 0 Å². The fraction of sp³-hybridized carbons (Fsp3) is 0.353. The van der Waals surface area contributed by atoms with E-state index < -0.39 is 13.9 Å². The van der Waals surface area contributed by atoms with Crippen LogP contribution in [0.4, 0.5) is 5.82 Å². The summed E-state index contributed by atoms with van der Waals surface area (Å²) in [4.78, 5) is 21.9. The minimum absolute atomic E-state index is 0.0461. The molecule has 29 heavy (non-hydrogen) atoms. The monoisotopic (exact) mass is 484 g/mol. The first-order chi connectivity index (χ1) is 13.7. The van der Waals surface area contributed by atoms with Gasteiger partial charge in [0.15, 0.2) is 21.7 Å². The van der Waals surface area contributed by atoms with Gasteiger partial charge in [-0.15, -0.1) is 9.42 Å². The topological polar surface area (TPSA) is 146 Å². The maximum Gasteiger partial charge on any atom is 0.695 e. The maximum atomic E-state index is 11.1. The summed E-state index contributed by atoms with van der Waals surface area (Å²) in [5.41, 5.74) is 7.56. The van der Waals surface area contributed by atoms with Gasteiger partial charge >= 0.3 is 14.3 Å².